The maximum absolute atomic E-state index is 10.6. The van der Waals surface area contributed by atoms with Crippen LogP contribution in [0.1, 0.15) is 17.3 Å². The maximum atomic E-state index is 10.6. The Morgan fingerprint density at radius 2 is 2.43 bits per heavy atom. The van der Waals surface area contributed by atoms with Crippen LogP contribution in [-0.2, 0) is 0 Å². The topological polar surface area (TPSA) is 75.1 Å². The number of aromatic nitrogens is 2. The molecular formula is C9H11N3O2. The number of hydrogen-bond donors (Lipinski definition) is 2. The van der Waals surface area contributed by atoms with Crippen LogP contribution in [0.25, 0.3) is 0 Å². The zero-order valence-corrected chi connectivity index (χ0v) is 7.82. The van der Waals surface area contributed by atoms with E-state index in [1.807, 2.05) is 6.92 Å². The fourth-order valence-corrected chi connectivity index (χ4v) is 0.811. The third kappa shape index (κ3) is 2.85. The van der Waals surface area contributed by atoms with Crippen LogP contribution >= 0.6 is 0 Å². The Morgan fingerprint density at radius 3 is 3.00 bits per heavy atom. The molecule has 0 spiro atoms. The van der Waals surface area contributed by atoms with Crippen molar-refractivity contribution in [3.8, 4) is 0 Å². The molecule has 1 aromatic heterocycles. The van der Waals surface area contributed by atoms with Crippen LogP contribution in [-0.4, -0.2) is 27.8 Å². The molecule has 0 bridgehead atoms. The van der Waals surface area contributed by atoms with Crippen LogP contribution in [0.2, 0.25) is 0 Å². The van der Waals surface area contributed by atoms with Crippen molar-refractivity contribution < 1.29 is 9.90 Å². The highest BCUT2D eigenvalue weighted by Crippen LogP contribution is 2.05. The lowest BCUT2D eigenvalue weighted by Crippen LogP contribution is -2.06. The molecular weight excluding hydrogens is 182 g/mol. The monoisotopic (exact) mass is 193 g/mol. The van der Waals surface area contributed by atoms with E-state index in [-0.39, 0.29) is 5.56 Å². The van der Waals surface area contributed by atoms with Crippen molar-refractivity contribution in [3.63, 3.8) is 0 Å². The second-order valence-corrected chi connectivity index (χ2v) is 2.95. The number of nitrogens with zero attached hydrogens (tertiary/aromatic N) is 2. The lowest BCUT2D eigenvalue weighted by Gasteiger charge is -2.03. The number of rotatable bonds is 4. The smallest absolute Gasteiger partial charge is 0.337 e. The molecule has 2 N–H and O–H groups in total. The Hall–Kier alpha value is -1.91. The zero-order valence-electron chi connectivity index (χ0n) is 7.82. The molecule has 0 fully saturated rings. The molecule has 0 aliphatic carbocycles. The Kier molecular flexibility index (Phi) is 3.17. The van der Waals surface area contributed by atoms with Gasteiger partial charge in [-0.05, 0) is 13.0 Å². The molecule has 0 atom stereocenters. The summed E-state index contributed by atoms with van der Waals surface area (Å²) in [5.74, 6) is -0.578. The summed E-state index contributed by atoms with van der Waals surface area (Å²) in [5.41, 5.74) is 1.05. The molecule has 0 aliphatic heterocycles. The third-order valence-corrected chi connectivity index (χ3v) is 1.47. The minimum atomic E-state index is -1.02. The van der Waals surface area contributed by atoms with E-state index in [1.165, 1.54) is 12.3 Å². The van der Waals surface area contributed by atoms with Gasteiger partial charge in [0.25, 0.3) is 0 Å². The molecule has 0 saturated heterocycles. The van der Waals surface area contributed by atoms with Gasteiger partial charge in [-0.15, -0.1) is 5.10 Å². The minimum Gasteiger partial charge on any atom is -0.478 e. The number of carboxylic acid groups (broad SMARTS) is 1. The lowest BCUT2D eigenvalue weighted by atomic mass is 10.3. The number of nitrogens with one attached hydrogen (secondary N) is 1. The van der Waals surface area contributed by atoms with Crippen LogP contribution in [0.3, 0.4) is 0 Å². The van der Waals surface area contributed by atoms with Gasteiger partial charge in [0.05, 0.1) is 11.8 Å². The first-order chi connectivity index (χ1) is 6.59. The first-order valence-electron chi connectivity index (χ1n) is 4.04. The summed E-state index contributed by atoms with van der Waals surface area (Å²) in [6, 6.07) is 1.43. The highest BCUT2D eigenvalue weighted by molar-refractivity contribution is 5.87. The predicted molar refractivity (Wildman–Crippen MR) is 52.3 cm³/mol. The van der Waals surface area contributed by atoms with E-state index in [0.717, 1.165) is 5.57 Å². The summed E-state index contributed by atoms with van der Waals surface area (Å²) >= 11 is 0. The number of carboxylic acids is 1. The van der Waals surface area contributed by atoms with Gasteiger partial charge < -0.3 is 10.4 Å². The SMILES string of the molecule is C=C(C)CNc1cc(C(=O)O)cnn1. The standard InChI is InChI=1S/C9H11N3O2/c1-6(2)4-10-8-3-7(9(13)14)5-11-12-8/h3,5H,1,4H2,2H3,(H,10,12)(H,13,14). The van der Waals surface area contributed by atoms with Crippen molar-refractivity contribution in [1.82, 2.24) is 10.2 Å². The number of aromatic carboxylic acids is 1. The number of anilines is 1. The highest BCUT2D eigenvalue weighted by atomic mass is 16.4. The molecule has 5 heteroatoms. The van der Waals surface area contributed by atoms with Gasteiger partial charge in [-0.1, -0.05) is 12.2 Å². The van der Waals surface area contributed by atoms with E-state index in [9.17, 15) is 4.79 Å². The summed E-state index contributed by atoms with van der Waals surface area (Å²) < 4.78 is 0. The Bertz CT molecular complexity index is 363. The molecule has 0 radical (unpaired) electrons. The molecule has 0 unspecified atom stereocenters. The summed E-state index contributed by atoms with van der Waals surface area (Å²) in [6.45, 7) is 6.12. The van der Waals surface area contributed by atoms with Gasteiger partial charge in [-0.25, -0.2) is 4.79 Å². The number of carbonyl (C=O) groups is 1. The molecule has 74 valence electrons. The van der Waals surface area contributed by atoms with Crippen molar-refractivity contribution in [1.29, 1.82) is 0 Å². The molecule has 0 aliphatic rings. The van der Waals surface area contributed by atoms with Crippen molar-refractivity contribution in [3.05, 3.63) is 30.0 Å². The number of hydrogen-bond acceptors (Lipinski definition) is 4. The van der Waals surface area contributed by atoms with Crippen LogP contribution in [0, 0.1) is 0 Å². The van der Waals surface area contributed by atoms with Gasteiger partial charge in [-0.3, -0.25) is 0 Å². The van der Waals surface area contributed by atoms with Crippen LogP contribution in [0.5, 0.6) is 0 Å². The summed E-state index contributed by atoms with van der Waals surface area (Å²) in [5, 5.41) is 18.9. The van der Waals surface area contributed by atoms with Crippen molar-refractivity contribution in [2.45, 2.75) is 6.92 Å². The largest absolute Gasteiger partial charge is 0.478 e. The molecule has 14 heavy (non-hydrogen) atoms. The highest BCUT2D eigenvalue weighted by Gasteiger charge is 2.04. The quantitative estimate of drug-likeness (QED) is 0.702. The van der Waals surface area contributed by atoms with Gasteiger partial charge in [0.2, 0.25) is 0 Å². The normalized spacial score (nSPS) is 9.50. The van der Waals surface area contributed by atoms with Crippen LogP contribution < -0.4 is 5.32 Å². The minimum absolute atomic E-state index is 0.115. The van der Waals surface area contributed by atoms with Crippen molar-refractivity contribution in [2.24, 2.45) is 0 Å². The average molecular weight is 193 g/mol. The molecule has 0 amide bonds. The zero-order chi connectivity index (χ0) is 10.6. The average Bonchev–Trinajstić information content (AvgIpc) is 2.15. The maximum Gasteiger partial charge on any atom is 0.337 e. The molecule has 5 nitrogen and oxygen atoms in total. The van der Waals surface area contributed by atoms with Gasteiger partial charge in [0, 0.05) is 6.54 Å². The van der Waals surface area contributed by atoms with E-state index in [2.05, 4.69) is 22.1 Å². The van der Waals surface area contributed by atoms with Gasteiger partial charge >= 0.3 is 5.97 Å². The van der Waals surface area contributed by atoms with E-state index < -0.39 is 5.97 Å². The fourth-order valence-electron chi connectivity index (χ4n) is 0.811. The van der Waals surface area contributed by atoms with E-state index >= 15 is 0 Å². The summed E-state index contributed by atoms with van der Waals surface area (Å²) in [6.07, 6.45) is 1.20. The summed E-state index contributed by atoms with van der Waals surface area (Å²) in [4.78, 5) is 10.6. The van der Waals surface area contributed by atoms with Gasteiger partial charge in [0.15, 0.2) is 0 Å². The van der Waals surface area contributed by atoms with Gasteiger partial charge in [0.1, 0.15) is 5.82 Å². The Labute approximate surface area is 81.5 Å². The van der Waals surface area contributed by atoms with E-state index in [1.54, 1.807) is 0 Å². The van der Waals surface area contributed by atoms with Crippen LogP contribution in [0.4, 0.5) is 5.82 Å². The lowest BCUT2D eigenvalue weighted by molar-refractivity contribution is 0.0696. The molecule has 1 aromatic rings. The first kappa shape index (κ1) is 10.2. The fraction of sp³-hybridized carbons (Fsp3) is 0.222. The Balaban J connectivity index is 2.73. The van der Waals surface area contributed by atoms with E-state index in [0.29, 0.717) is 12.4 Å². The second kappa shape index (κ2) is 4.36. The van der Waals surface area contributed by atoms with Crippen molar-refractivity contribution in [2.75, 3.05) is 11.9 Å². The summed E-state index contributed by atoms with van der Waals surface area (Å²) in [7, 11) is 0. The molecule has 1 rings (SSSR count). The third-order valence-electron chi connectivity index (χ3n) is 1.47. The van der Waals surface area contributed by atoms with Crippen LogP contribution in [0.15, 0.2) is 24.4 Å². The predicted octanol–water partition coefficient (Wildman–Crippen LogP) is 1.16. The van der Waals surface area contributed by atoms with E-state index in [4.69, 9.17) is 5.11 Å². The van der Waals surface area contributed by atoms with Gasteiger partial charge in [-0.2, -0.15) is 5.10 Å². The Morgan fingerprint density at radius 1 is 1.71 bits per heavy atom. The molecule has 1 heterocycles. The first-order valence-corrected chi connectivity index (χ1v) is 4.04. The van der Waals surface area contributed by atoms with Crippen molar-refractivity contribution >= 4 is 11.8 Å². The second-order valence-electron chi connectivity index (χ2n) is 2.95. The molecule has 0 saturated carbocycles. The molecule has 0 aromatic carbocycles.